The summed E-state index contributed by atoms with van der Waals surface area (Å²) in [6, 6.07) is 4.02. The zero-order chi connectivity index (χ0) is 14.5. The molecule has 0 atom stereocenters. The van der Waals surface area contributed by atoms with Gasteiger partial charge >= 0.3 is 0 Å². The lowest BCUT2D eigenvalue weighted by molar-refractivity contribution is 0.0914. The molecule has 0 aliphatic heterocycles. The topological polar surface area (TPSA) is 77.2 Å². The van der Waals surface area contributed by atoms with Crippen LogP contribution in [0.5, 0.6) is 5.75 Å². The van der Waals surface area contributed by atoms with Gasteiger partial charge in [-0.2, -0.15) is 0 Å². The highest BCUT2D eigenvalue weighted by Gasteiger charge is 2.22. The highest BCUT2D eigenvalue weighted by Crippen LogP contribution is 2.20. The molecule has 20 heavy (non-hydrogen) atoms. The second-order valence-corrected chi connectivity index (χ2v) is 5.60. The van der Waals surface area contributed by atoms with Crippen LogP contribution in [0.3, 0.4) is 0 Å². The minimum Gasteiger partial charge on any atom is -0.489 e. The Bertz CT molecular complexity index is 454. The standard InChI is InChI=1S/C15H23N3O2/c1-10(2)20-13-4-3-9-17-14(13)15(19)18-12-7-5-11(16)6-8-12/h3-4,9-12H,5-8,16H2,1-2H3,(H,18,19). The summed E-state index contributed by atoms with van der Waals surface area (Å²) in [6.07, 6.45) is 5.41. The largest absolute Gasteiger partial charge is 0.489 e. The fraction of sp³-hybridized carbons (Fsp3) is 0.600. The highest BCUT2D eigenvalue weighted by molar-refractivity contribution is 5.95. The molecule has 1 aromatic rings. The van der Waals surface area contributed by atoms with Crippen LogP contribution >= 0.6 is 0 Å². The molecule has 0 saturated heterocycles. The maximum absolute atomic E-state index is 12.3. The van der Waals surface area contributed by atoms with Gasteiger partial charge < -0.3 is 15.8 Å². The number of nitrogens with zero attached hydrogens (tertiary/aromatic N) is 1. The summed E-state index contributed by atoms with van der Waals surface area (Å²) in [5.74, 6) is 0.370. The molecule has 1 amide bonds. The zero-order valence-corrected chi connectivity index (χ0v) is 12.1. The first-order chi connectivity index (χ1) is 9.56. The van der Waals surface area contributed by atoms with Gasteiger partial charge in [-0.05, 0) is 51.7 Å². The summed E-state index contributed by atoms with van der Waals surface area (Å²) >= 11 is 0. The first-order valence-electron chi connectivity index (χ1n) is 7.24. The number of ether oxygens (including phenoxy) is 1. The first-order valence-corrected chi connectivity index (χ1v) is 7.24. The molecular weight excluding hydrogens is 254 g/mol. The van der Waals surface area contributed by atoms with E-state index in [0.717, 1.165) is 25.7 Å². The van der Waals surface area contributed by atoms with Gasteiger partial charge in [-0.25, -0.2) is 4.98 Å². The number of nitrogens with one attached hydrogen (secondary N) is 1. The van der Waals surface area contributed by atoms with Crippen LogP contribution in [0.15, 0.2) is 18.3 Å². The normalized spacial score (nSPS) is 22.6. The Morgan fingerprint density at radius 1 is 1.40 bits per heavy atom. The highest BCUT2D eigenvalue weighted by atomic mass is 16.5. The zero-order valence-electron chi connectivity index (χ0n) is 12.1. The second kappa shape index (κ2) is 6.70. The number of aromatic nitrogens is 1. The Morgan fingerprint density at radius 2 is 2.10 bits per heavy atom. The minimum atomic E-state index is -0.165. The summed E-state index contributed by atoms with van der Waals surface area (Å²) < 4.78 is 5.63. The maximum Gasteiger partial charge on any atom is 0.273 e. The van der Waals surface area contributed by atoms with Crippen molar-refractivity contribution in [1.82, 2.24) is 10.3 Å². The van der Waals surface area contributed by atoms with Crippen molar-refractivity contribution in [2.75, 3.05) is 0 Å². The molecule has 1 fully saturated rings. The van der Waals surface area contributed by atoms with Gasteiger partial charge in [0.15, 0.2) is 11.4 Å². The van der Waals surface area contributed by atoms with E-state index in [1.165, 1.54) is 0 Å². The lowest BCUT2D eigenvalue weighted by Crippen LogP contribution is -2.40. The van der Waals surface area contributed by atoms with Crippen LogP contribution in [0, 0.1) is 0 Å². The molecule has 1 saturated carbocycles. The maximum atomic E-state index is 12.3. The van der Waals surface area contributed by atoms with Crippen LogP contribution in [0.4, 0.5) is 0 Å². The van der Waals surface area contributed by atoms with Crippen molar-refractivity contribution in [2.45, 2.75) is 57.7 Å². The van der Waals surface area contributed by atoms with E-state index < -0.39 is 0 Å². The molecule has 3 N–H and O–H groups in total. The fourth-order valence-corrected chi connectivity index (χ4v) is 2.43. The molecule has 0 radical (unpaired) electrons. The average Bonchev–Trinajstić information content (AvgIpc) is 2.41. The van der Waals surface area contributed by atoms with E-state index in [9.17, 15) is 4.79 Å². The smallest absolute Gasteiger partial charge is 0.273 e. The molecular formula is C15H23N3O2. The van der Waals surface area contributed by atoms with Gasteiger partial charge in [0.25, 0.3) is 5.91 Å². The van der Waals surface area contributed by atoms with Crippen molar-refractivity contribution in [2.24, 2.45) is 5.73 Å². The van der Waals surface area contributed by atoms with Crippen LogP contribution in [0.1, 0.15) is 50.0 Å². The molecule has 5 heteroatoms. The van der Waals surface area contributed by atoms with Crippen LogP contribution in [-0.4, -0.2) is 29.1 Å². The molecule has 2 rings (SSSR count). The Hall–Kier alpha value is -1.62. The van der Waals surface area contributed by atoms with E-state index in [1.54, 1.807) is 18.3 Å². The summed E-state index contributed by atoms with van der Waals surface area (Å²) in [7, 11) is 0. The number of hydrogen-bond acceptors (Lipinski definition) is 4. The van der Waals surface area contributed by atoms with Crippen molar-refractivity contribution in [3.05, 3.63) is 24.0 Å². The van der Waals surface area contributed by atoms with Crippen LogP contribution in [0.2, 0.25) is 0 Å². The first kappa shape index (κ1) is 14.8. The number of nitrogens with two attached hydrogens (primary N) is 1. The molecule has 110 valence electrons. The third kappa shape index (κ3) is 3.93. The van der Waals surface area contributed by atoms with Gasteiger partial charge in [0.1, 0.15) is 0 Å². The Labute approximate surface area is 119 Å². The van der Waals surface area contributed by atoms with E-state index in [-0.39, 0.29) is 24.1 Å². The van der Waals surface area contributed by atoms with Crippen LogP contribution in [-0.2, 0) is 0 Å². The van der Waals surface area contributed by atoms with Crippen LogP contribution in [0.25, 0.3) is 0 Å². The van der Waals surface area contributed by atoms with E-state index >= 15 is 0 Å². The van der Waals surface area contributed by atoms with E-state index in [1.807, 2.05) is 13.8 Å². The Kier molecular flexibility index (Phi) is 4.95. The number of rotatable bonds is 4. The van der Waals surface area contributed by atoms with Crippen molar-refractivity contribution < 1.29 is 9.53 Å². The van der Waals surface area contributed by atoms with Gasteiger partial charge in [-0.3, -0.25) is 4.79 Å². The van der Waals surface area contributed by atoms with Gasteiger partial charge in [-0.15, -0.1) is 0 Å². The molecule has 0 unspecified atom stereocenters. The third-order valence-corrected chi connectivity index (χ3v) is 3.46. The van der Waals surface area contributed by atoms with E-state index in [0.29, 0.717) is 11.4 Å². The summed E-state index contributed by atoms with van der Waals surface area (Å²) in [4.78, 5) is 16.5. The fourth-order valence-electron chi connectivity index (χ4n) is 2.43. The molecule has 1 aliphatic carbocycles. The summed E-state index contributed by atoms with van der Waals surface area (Å²) in [6.45, 7) is 3.86. The molecule has 0 spiro atoms. The number of hydrogen-bond donors (Lipinski definition) is 2. The lowest BCUT2D eigenvalue weighted by Gasteiger charge is -2.26. The second-order valence-electron chi connectivity index (χ2n) is 5.60. The molecule has 1 aromatic heterocycles. The summed E-state index contributed by atoms with van der Waals surface area (Å²) in [5, 5.41) is 3.03. The molecule has 0 bridgehead atoms. The Morgan fingerprint density at radius 3 is 2.75 bits per heavy atom. The predicted molar refractivity (Wildman–Crippen MR) is 77.7 cm³/mol. The molecule has 1 heterocycles. The van der Waals surface area contributed by atoms with Crippen molar-refractivity contribution >= 4 is 5.91 Å². The predicted octanol–water partition coefficient (Wildman–Crippen LogP) is 1.87. The molecule has 1 aliphatic rings. The SMILES string of the molecule is CC(C)Oc1cccnc1C(=O)NC1CCC(N)CC1. The number of amides is 1. The molecule has 5 nitrogen and oxygen atoms in total. The number of carbonyl (C=O) groups excluding carboxylic acids is 1. The van der Waals surface area contributed by atoms with Crippen molar-refractivity contribution in [3.8, 4) is 5.75 Å². The van der Waals surface area contributed by atoms with Crippen molar-refractivity contribution in [1.29, 1.82) is 0 Å². The number of pyridine rings is 1. The lowest BCUT2D eigenvalue weighted by atomic mass is 9.92. The Balaban J connectivity index is 2.01. The number of carbonyl (C=O) groups is 1. The third-order valence-electron chi connectivity index (χ3n) is 3.46. The molecule has 0 aromatic carbocycles. The van der Waals surface area contributed by atoms with Gasteiger partial charge in [0, 0.05) is 18.3 Å². The van der Waals surface area contributed by atoms with E-state index in [4.69, 9.17) is 10.5 Å². The van der Waals surface area contributed by atoms with Crippen molar-refractivity contribution in [3.63, 3.8) is 0 Å². The average molecular weight is 277 g/mol. The van der Waals surface area contributed by atoms with E-state index in [2.05, 4.69) is 10.3 Å². The summed E-state index contributed by atoms with van der Waals surface area (Å²) in [5.41, 5.74) is 6.23. The van der Waals surface area contributed by atoms with Gasteiger partial charge in [0.2, 0.25) is 0 Å². The van der Waals surface area contributed by atoms with Gasteiger partial charge in [-0.1, -0.05) is 0 Å². The minimum absolute atomic E-state index is 0.0124. The monoisotopic (exact) mass is 277 g/mol. The quantitative estimate of drug-likeness (QED) is 0.880. The van der Waals surface area contributed by atoms with Crippen LogP contribution < -0.4 is 15.8 Å². The van der Waals surface area contributed by atoms with Gasteiger partial charge in [0.05, 0.1) is 6.10 Å².